The van der Waals surface area contributed by atoms with Crippen LogP contribution in [-0.2, 0) is 9.59 Å². The second-order valence-corrected chi connectivity index (χ2v) is 9.31. The van der Waals surface area contributed by atoms with E-state index in [4.69, 9.17) is 0 Å². The molecule has 0 aliphatic heterocycles. The van der Waals surface area contributed by atoms with Gasteiger partial charge in [0.15, 0.2) is 6.04 Å². The zero-order chi connectivity index (χ0) is 23.3. The molecule has 3 rings (SSSR count). The predicted molar refractivity (Wildman–Crippen MR) is 121 cm³/mol. The van der Waals surface area contributed by atoms with Gasteiger partial charge in [-0.25, -0.2) is 0 Å². The molecule has 0 spiro atoms. The summed E-state index contributed by atoms with van der Waals surface area (Å²) in [6, 6.07) is 8.24. The van der Waals surface area contributed by atoms with Crippen molar-refractivity contribution in [1.29, 1.82) is 0 Å². The Morgan fingerprint density at radius 3 is 2.31 bits per heavy atom. The van der Waals surface area contributed by atoms with Crippen molar-refractivity contribution in [1.82, 2.24) is 5.32 Å². The van der Waals surface area contributed by atoms with Crippen molar-refractivity contribution >= 4 is 28.8 Å². The number of rotatable bonds is 7. The molecule has 1 aliphatic rings. The first kappa shape index (κ1) is 24.3. The molecule has 0 radical (unpaired) electrons. The van der Waals surface area contributed by atoms with Crippen LogP contribution in [0.3, 0.4) is 0 Å². The van der Waals surface area contributed by atoms with E-state index in [0.717, 1.165) is 55.4 Å². The molecule has 32 heavy (non-hydrogen) atoms. The number of hydrogen-bond acceptors (Lipinski definition) is 3. The van der Waals surface area contributed by atoms with Crippen LogP contribution in [0.5, 0.6) is 0 Å². The Bertz CT molecular complexity index is 891. The summed E-state index contributed by atoms with van der Waals surface area (Å²) in [5.41, 5.74) is 1.02. The van der Waals surface area contributed by atoms with Gasteiger partial charge in [-0.15, -0.1) is 11.3 Å². The average molecular weight is 467 g/mol. The highest BCUT2D eigenvalue weighted by Crippen LogP contribution is 2.35. The van der Waals surface area contributed by atoms with Gasteiger partial charge in [-0.05, 0) is 54.3 Å². The molecule has 4 nitrogen and oxygen atoms in total. The number of halogens is 3. The molecule has 8 heteroatoms. The van der Waals surface area contributed by atoms with Crippen molar-refractivity contribution in [3.8, 4) is 0 Å². The van der Waals surface area contributed by atoms with Crippen molar-refractivity contribution in [2.24, 2.45) is 0 Å². The third-order valence-corrected chi connectivity index (χ3v) is 7.01. The number of anilines is 1. The molecule has 2 amide bonds. The summed E-state index contributed by atoms with van der Waals surface area (Å²) in [5.74, 6) is -2.40. The molecule has 2 aromatic rings. The van der Waals surface area contributed by atoms with Gasteiger partial charge in [-0.3, -0.25) is 14.5 Å². The largest absolute Gasteiger partial charge is 0.471 e. The van der Waals surface area contributed by atoms with Crippen LogP contribution in [0.1, 0.15) is 74.8 Å². The Morgan fingerprint density at radius 1 is 1.12 bits per heavy atom. The third-order valence-electron chi connectivity index (χ3n) is 6.08. The average Bonchev–Trinajstić information content (AvgIpc) is 3.30. The molecule has 2 atom stereocenters. The molecular formula is C24H29F3N2O2S. The minimum absolute atomic E-state index is 0.0524. The van der Waals surface area contributed by atoms with Crippen LogP contribution in [0, 0.1) is 0 Å². The summed E-state index contributed by atoms with van der Waals surface area (Å²) >= 11 is 1.16. The van der Waals surface area contributed by atoms with E-state index in [9.17, 15) is 22.8 Å². The minimum atomic E-state index is -5.12. The Hall–Kier alpha value is -2.35. The lowest BCUT2D eigenvalue weighted by Crippen LogP contribution is -2.50. The quantitative estimate of drug-likeness (QED) is 0.517. The van der Waals surface area contributed by atoms with E-state index >= 15 is 0 Å². The molecule has 1 aromatic carbocycles. The van der Waals surface area contributed by atoms with Gasteiger partial charge in [0.1, 0.15) is 0 Å². The summed E-state index contributed by atoms with van der Waals surface area (Å²) in [7, 11) is 0. The molecule has 0 bridgehead atoms. The maximum atomic E-state index is 13.7. The van der Waals surface area contributed by atoms with Crippen LogP contribution < -0.4 is 10.2 Å². The molecule has 1 fully saturated rings. The SMILES string of the molecule is CC[C@@H](C)c1ccc(N(C(=O)C(F)(F)F)[C@@H](C(=O)NC2CCCCC2)c2cccs2)cc1. The van der Waals surface area contributed by atoms with Crippen LogP contribution in [0.4, 0.5) is 18.9 Å². The number of benzene rings is 1. The summed E-state index contributed by atoms with van der Waals surface area (Å²) in [4.78, 5) is 26.9. The maximum absolute atomic E-state index is 13.7. The fraction of sp³-hybridized carbons (Fsp3) is 0.500. The van der Waals surface area contributed by atoms with E-state index in [-0.39, 0.29) is 17.6 Å². The van der Waals surface area contributed by atoms with Gasteiger partial charge < -0.3 is 5.32 Å². The number of nitrogens with zero attached hydrogens (tertiary/aromatic N) is 1. The second kappa shape index (κ2) is 10.5. The van der Waals surface area contributed by atoms with Gasteiger partial charge in [-0.2, -0.15) is 13.2 Å². The van der Waals surface area contributed by atoms with E-state index < -0.39 is 24.0 Å². The number of nitrogens with one attached hydrogen (secondary N) is 1. The molecule has 174 valence electrons. The van der Waals surface area contributed by atoms with Crippen LogP contribution in [0.2, 0.25) is 0 Å². The lowest BCUT2D eigenvalue weighted by Gasteiger charge is -2.33. The molecular weight excluding hydrogens is 437 g/mol. The first-order chi connectivity index (χ1) is 15.2. The molecule has 1 N–H and O–H groups in total. The Kier molecular flexibility index (Phi) is 7.98. The lowest BCUT2D eigenvalue weighted by atomic mass is 9.95. The van der Waals surface area contributed by atoms with Crippen LogP contribution in [0.15, 0.2) is 41.8 Å². The monoisotopic (exact) mass is 466 g/mol. The van der Waals surface area contributed by atoms with E-state index in [1.165, 1.54) is 12.1 Å². The Balaban J connectivity index is 2.01. The highest BCUT2D eigenvalue weighted by atomic mass is 32.1. The van der Waals surface area contributed by atoms with Crippen LogP contribution in [-0.4, -0.2) is 24.0 Å². The van der Waals surface area contributed by atoms with Crippen molar-refractivity contribution in [2.75, 3.05) is 4.90 Å². The van der Waals surface area contributed by atoms with Gasteiger partial charge in [0, 0.05) is 16.6 Å². The maximum Gasteiger partial charge on any atom is 0.471 e. The zero-order valence-corrected chi connectivity index (χ0v) is 19.1. The molecule has 0 unspecified atom stereocenters. The first-order valence-corrected chi connectivity index (χ1v) is 11.9. The van der Waals surface area contributed by atoms with Crippen LogP contribution >= 0.6 is 11.3 Å². The van der Waals surface area contributed by atoms with Crippen LogP contribution in [0.25, 0.3) is 0 Å². The summed E-state index contributed by atoms with van der Waals surface area (Å²) in [6.07, 6.45) is 0.372. The van der Waals surface area contributed by atoms with Gasteiger partial charge >= 0.3 is 12.1 Å². The van der Waals surface area contributed by atoms with E-state index in [0.29, 0.717) is 9.78 Å². The van der Waals surface area contributed by atoms with Crippen molar-refractivity contribution < 1.29 is 22.8 Å². The third kappa shape index (κ3) is 5.71. The Labute approximate surface area is 190 Å². The minimum Gasteiger partial charge on any atom is -0.351 e. The fourth-order valence-corrected chi connectivity index (χ4v) is 4.88. The summed E-state index contributed by atoms with van der Waals surface area (Å²) < 4.78 is 41.0. The van der Waals surface area contributed by atoms with Crippen molar-refractivity contribution in [3.05, 3.63) is 52.2 Å². The van der Waals surface area contributed by atoms with Crippen molar-refractivity contribution in [2.45, 2.75) is 76.6 Å². The molecule has 1 aliphatic carbocycles. The zero-order valence-electron chi connectivity index (χ0n) is 18.3. The van der Waals surface area contributed by atoms with Gasteiger partial charge in [0.2, 0.25) is 5.91 Å². The number of carbonyl (C=O) groups excluding carboxylic acids is 2. The highest BCUT2D eigenvalue weighted by Gasteiger charge is 2.47. The topological polar surface area (TPSA) is 49.4 Å². The highest BCUT2D eigenvalue weighted by molar-refractivity contribution is 7.10. The first-order valence-electron chi connectivity index (χ1n) is 11.1. The van der Waals surface area contributed by atoms with Gasteiger partial charge in [0.25, 0.3) is 0 Å². The normalized spacial score (nSPS) is 16.9. The number of thiophene rings is 1. The number of alkyl halides is 3. The lowest BCUT2D eigenvalue weighted by molar-refractivity contribution is -0.171. The molecule has 1 heterocycles. The smallest absolute Gasteiger partial charge is 0.351 e. The number of amides is 2. The van der Waals surface area contributed by atoms with Gasteiger partial charge in [-0.1, -0.05) is 51.3 Å². The molecule has 0 saturated heterocycles. The molecule has 1 saturated carbocycles. The second-order valence-electron chi connectivity index (χ2n) is 8.34. The predicted octanol–water partition coefficient (Wildman–Crippen LogP) is 6.35. The van der Waals surface area contributed by atoms with Gasteiger partial charge in [0.05, 0.1) is 0 Å². The fourth-order valence-electron chi connectivity index (χ4n) is 4.07. The molecule has 1 aromatic heterocycles. The summed E-state index contributed by atoms with van der Waals surface area (Å²) in [6.45, 7) is 4.06. The van der Waals surface area contributed by atoms with E-state index in [2.05, 4.69) is 5.32 Å². The summed E-state index contributed by atoms with van der Waals surface area (Å²) in [5, 5.41) is 4.60. The standard InChI is InChI=1S/C24H29F3N2O2S/c1-3-16(2)17-11-13-19(14-12-17)29(23(31)24(25,26)27)21(20-10-7-15-32-20)22(30)28-18-8-5-4-6-9-18/h7,10-16,18,21H,3-6,8-9H2,1-2H3,(H,28,30)/t16-,21-/m1/s1. The van der Waals surface area contributed by atoms with Crippen molar-refractivity contribution in [3.63, 3.8) is 0 Å². The van der Waals surface area contributed by atoms with E-state index in [1.807, 2.05) is 13.8 Å². The number of carbonyl (C=O) groups is 2. The Morgan fingerprint density at radius 2 is 1.78 bits per heavy atom. The van der Waals surface area contributed by atoms with E-state index in [1.54, 1.807) is 29.6 Å². The number of hydrogen-bond donors (Lipinski definition) is 1.